The van der Waals surface area contributed by atoms with Crippen molar-refractivity contribution in [3.63, 3.8) is 0 Å². The fraction of sp³-hybridized carbons (Fsp3) is 0.474. The van der Waals surface area contributed by atoms with Crippen LogP contribution in [0, 0.1) is 6.92 Å². The van der Waals surface area contributed by atoms with Gasteiger partial charge in [0.25, 0.3) is 5.91 Å². The number of benzene rings is 1. The summed E-state index contributed by atoms with van der Waals surface area (Å²) in [7, 11) is 0. The maximum absolute atomic E-state index is 12.6. The second-order valence-corrected chi connectivity index (χ2v) is 6.42. The van der Waals surface area contributed by atoms with Crippen LogP contribution in [0.25, 0.3) is 11.3 Å². The minimum absolute atomic E-state index is 0.124. The maximum Gasteiger partial charge on any atom is 0.274 e. The van der Waals surface area contributed by atoms with Crippen molar-refractivity contribution >= 4 is 5.91 Å². The summed E-state index contributed by atoms with van der Waals surface area (Å²) < 4.78 is 5.49. The van der Waals surface area contributed by atoms with E-state index >= 15 is 0 Å². The summed E-state index contributed by atoms with van der Waals surface area (Å²) >= 11 is 0. The molecule has 0 aliphatic heterocycles. The Morgan fingerprint density at radius 3 is 2.65 bits per heavy atom. The van der Waals surface area contributed by atoms with Gasteiger partial charge in [0.2, 0.25) is 0 Å². The molecule has 2 aromatic rings. The topological polar surface area (TPSA) is 55.1 Å². The monoisotopic (exact) mass is 312 g/mol. The van der Waals surface area contributed by atoms with E-state index in [9.17, 15) is 4.79 Å². The molecule has 1 aromatic carbocycles. The van der Waals surface area contributed by atoms with E-state index in [1.807, 2.05) is 31.2 Å². The third kappa shape index (κ3) is 4.01. The molecule has 1 amide bonds. The van der Waals surface area contributed by atoms with Crippen molar-refractivity contribution < 1.29 is 9.21 Å². The van der Waals surface area contributed by atoms with E-state index in [1.54, 1.807) is 0 Å². The first kappa shape index (κ1) is 15.8. The van der Waals surface area contributed by atoms with E-state index in [0.29, 0.717) is 11.5 Å². The number of carbonyl (C=O) groups is 1. The van der Waals surface area contributed by atoms with Crippen LogP contribution in [0.5, 0.6) is 0 Å². The number of rotatable bonds is 3. The van der Waals surface area contributed by atoms with Crippen LogP contribution in [-0.4, -0.2) is 16.9 Å². The standard InChI is InChI=1S/C19H24N2O2/c1-14-8-7-9-15(12-14)18-17(20-13-23-18)19(22)21-16-10-5-3-2-4-6-11-16/h7-9,12-13,16H,2-6,10-11H2,1H3,(H,21,22). The minimum Gasteiger partial charge on any atom is -0.443 e. The van der Waals surface area contributed by atoms with Crippen molar-refractivity contribution in [2.45, 2.75) is 57.9 Å². The van der Waals surface area contributed by atoms with Gasteiger partial charge in [-0.25, -0.2) is 4.98 Å². The zero-order valence-electron chi connectivity index (χ0n) is 13.7. The number of carbonyl (C=O) groups excluding carboxylic acids is 1. The lowest BCUT2D eigenvalue weighted by Crippen LogP contribution is -2.35. The van der Waals surface area contributed by atoms with Crippen molar-refractivity contribution in [2.75, 3.05) is 0 Å². The Balaban J connectivity index is 1.74. The Labute approximate surface area is 137 Å². The number of nitrogens with one attached hydrogen (secondary N) is 1. The summed E-state index contributed by atoms with van der Waals surface area (Å²) in [4.78, 5) is 16.8. The first-order valence-corrected chi connectivity index (χ1v) is 8.55. The minimum atomic E-state index is -0.124. The summed E-state index contributed by atoms with van der Waals surface area (Å²) in [6.45, 7) is 2.02. The molecule has 122 valence electrons. The van der Waals surface area contributed by atoms with Crippen LogP contribution in [0.1, 0.15) is 61.0 Å². The van der Waals surface area contributed by atoms with Gasteiger partial charge in [0, 0.05) is 11.6 Å². The highest BCUT2D eigenvalue weighted by molar-refractivity contribution is 5.97. The van der Waals surface area contributed by atoms with Crippen LogP contribution in [0.4, 0.5) is 0 Å². The molecule has 1 aliphatic rings. The van der Waals surface area contributed by atoms with Gasteiger partial charge in [-0.2, -0.15) is 0 Å². The van der Waals surface area contributed by atoms with Gasteiger partial charge in [-0.3, -0.25) is 4.79 Å². The third-order valence-electron chi connectivity index (χ3n) is 4.50. The molecular weight excluding hydrogens is 288 g/mol. The lowest BCUT2D eigenvalue weighted by molar-refractivity contribution is 0.0926. The van der Waals surface area contributed by atoms with Crippen LogP contribution in [0.2, 0.25) is 0 Å². The van der Waals surface area contributed by atoms with Crippen molar-refractivity contribution in [3.8, 4) is 11.3 Å². The molecule has 4 nitrogen and oxygen atoms in total. The molecule has 1 fully saturated rings. The zero-order chi connectivity index (χ0) is 16.1. The van der Waals surface area contributed by atoms with E-state index in [1.165, 1.54) is 38.5 Å². The van der Waals surface area contributed by atoms with Crippen LogP contribution in [0.3, 0.4) is 0 Å². The number of nitrogens with zero attached hydrogens (tertiary/aromatic N) is 1. The predicted molar refractivity (Wildman–Crippen MR) is 90.2 cm³/mol. The normalized spacial score (nSPS) is 16.6. The molecule has 23 heavy (non-hydrogen) atoms. The third-order valence-corrected chi connectivity index (χ3v) is 4.50. The Morgan fingerprint density at radius 1 is 1.17 bits per heavy atom. The number of hydrogen-bond acceptors (Lipinski definition) is 3. The van der Waals surface area contributed by atoms with Crippen molar-refractivity contribution in [1.29, 1.82) is 0 Å². The second kappa shape index (κ2) is 7.44. The summed E-state index contributed by atoms with van der Waals surface area (Å²) in [6.07, 6.45) is 9.71. The van der Waals surface area contributed by atoms with Crippen molar-refractivity contribution in [3.05, 3.63) is 41.9 Å². The number of aryl methyl sites for hydroxylation is 1. The molecular formula is C19H24N2O2. The van der Waals surface area contributed by atoms with E-state index in [2.05, 4.69) is 10.3 Å². The van der Waals surface area contributed by atoms with Crippen LogP contribution >= 0.6 is 0 Å². The van der Waals surface area contributed by atoms with Crippen molar-refractivity contribution in [2.24, 2.45) is 0 Å². The van der Waals surface area contributed by atoms with Gasteiger partial charge in [0.05, 0.1) is 0 Å². The van der Waals surface area contributed by atoms with Crippen LogP contribution in [0.15, 0.2) is 35.1 Å². The Morgan fingerprint density at radius 2 is 1.91 bits per heavy atom. The van der Waals surface area contributed by atoms with E-state index < -0.39 is 0 Å². The van der Waals surface area contributed by atoms with Gasteiger partial charge < -0.3 is 9.73 Å². The van der Waals surface area contributed by atoms with Gasteiger partial charge in [-0.15, -0.1) is 0 Å². The molecule has 1 aliphatic carbocycles. The Kier molecular flexibility index (Phi) is 5.11. The first-order chi connectivity index (χ1) is 11.2. The number of hydrogen-bond donors (Lipinski definition) is 1. The Bertz CT molecular complexity index is 655. The molecule has 0 atom stereocenters. The number of amides is 1. The molecule has 0 bridgehead atoms. The van der Waals surface area contributed by atoms with Crippen LogP contribution < -0.4 is 5.32 Å². The molecule has 1 heterocycles. The molecule has 3 rings (SSSR count). The maximum atomic E-state index is 12.6. The lowest BCUT2D eigenvalue weighted by atomic mass is 9.96. The largest absolute Gasteiger partial charge is 0.443 e. The molecule has 0 radical (unpaired) electrons. The predicted octanol–water partition coefficient (Wildman–Crippen LogP) is 4.49. The Hall–Kier alpha value is -2.10. The SMILES string of the molecule is Cc1cccc(-c2ocnc2C(=O)NC2CCCCCCC2)c1. The summed E-state index contributed by atoms with van der Waals surface area (Å²) in [5, 5.41) is 3.15. The van der Waals surface area contributed by atoms with E-state index in [0.717, 1.165) is 24.0 Å². The number of aromatic nitrogens is 1. The van der Waals surface area contributed by atoms with Crippen LogP contribution in [-0.2, 0) is 0 Å². The highest BCUT2D eigenvalue weighted by atomic mass is 16.3. The lowest BCUT2D eigenvalue weighted by Gasteiger charge is -2.20. The van der Waals surface area contributed by atoms with Gasteiger partial charge in [-0.1, -0.05) is 55.9 Å². The van der Waals surface area contributed by atoms with Gasteiger partial charge in [0.1, 0.15) is 0 Å². The first-order valence-electron chi connectivity index (χ1n) is 8.55. The van der Waals surface area contributed by atoms with Gasteiger partial charge in [-0.05, 0) is 25.8 Å². The summed E-state index contributed by atoms with van der Waals surface area (Å²) in [5.74, 6) is 0.429. The smallest absolute Gasteiger partial charge is 0.274 e. The summed E-state index contributed by atoms with van der Waals surface area (Å²) in [5.41, 5.74) is 2.41. The van der Waals surface area contributed by atoms with E-state index in [4.69, 9.17) is 4.42 Å². The average Bonchev–Trinajstić information content (AvgIpc) is 2.99. The van der Waals surface area contributed by atoms with Crippen molar-refractivity contribution in [1.82, 2.24) is 10.3 Å². The molecule has 0 saturated heterocycles. The fourth-order valence-corrected chi connectivity index (χ4v) is 3.25. The molecule has 1 aromatic heterocycles. The fourth-order valence-electron chi connectivity index (χ4n) is 3.25. The quantitative estimate of drug-likeness (QED) is 0.908. The molecule has 0 unspecified atom stereocenters. The second-order valence-electron chi connectivity index (χ2n) is 6.42. The number of oxazole rings is 1. The highest BCUT2D eigenvalue weighted by Crippen LogP contribution is 2.24. The molecule has 1 N–H and O–H groups in total. The molecule has 0 spiro atoms. The van der Waals surface area contributed by atoms with Gasteiger partial charge >= 0.3 is 0 Å². The molecule has 4 heteroatoms. The average molecular weight is 312 g/mol. The van der Waals surface area contributed by atoms with Gasteiger partial charge in [0.15, 0.2) is 17.8 Å². The summed E-state index contributed by atoms with van der Waals surface area (Å²) in [6, 6.07) is 8.19. The van der Waals surface area contributed by atoms with E-state index in [-0.39, 0.29) is 11.9 Å². The highest BCUT2D eigenvalue weighted by Gasteiger charge is 2.21. The zero-order valence-corrected chi connectivity index (χ0v) is 13.7. The molecule has 1 saturated carbocycles.